The van der Waals surface area contributed by atoms with E-state index in [-0.39, 0.29) is 4.90 Å². The molecule has 1 aromatic carbocycles. The van der Waals surface area contributed by atoms with Crippen LogP contribution in [0.25, 0.3) is 5.57 Å². The Hall–Kier alpha value is -2.51. The van der Waals surface area contributed by atoms with E-state index in [1.54, 1.807) is 24.5 Å². The molecule has 0 saturated heterocycles. The number of aromatic nitrogens is 2. The summed E-state index contributed by atoms with van der Waals surface area (Å²) in [6.45, 7) is 0.728. The first-order valence-corrected chi connectivity index (χ1v) is 8.12. The van der Waals surface area contributed by atoms with Crippen LogP contribution >= 0.6 is 0 Å². The van der Waals surface area contributed by atoms with Gasteiger partial charge in [-0.2, -0.15) is 0 Å². The van der Waals surface area contributed by atoms with Gasteiger partial charge in [0.25, 0.3) is 0 Å². The van der Waals surface area contributed by atoms with Gasteiger partial charge in [-0.15, -0.1) is 0 Å². The Labute approximate surface area is 128 Å². The number of primary sulfonamides is 1. The molecule has 2 aromatic rings. The molecule has 1 aromatic heterocycles. The lowest BCUT2D eigenvalue weighted by atomic mass is 10.0. The molecule has 0 atom stereocenters. The van der Waals surface area contributed by atoms with Crippen LogP contribution in [-0.4, -0.2) is 24.9 Å². The summed E-state index contributed by atoms with van der Waals surface area (Å²) in [5.74, 6) is 0. The Bertz CT molecular complexity index is 828. The number of hydrogen-bond donors (Lipinski definition) is 1. The smallest absolute Gasteiger partial charge is 0.238 e. The highest BCUT2D eigenvalue weighted by Crippen LogP contribution is 2.24. The molecule has 0 bridgehead atoms. The van der Waals surface area contributed by atoms with Crippen molar-refractivity contribution >= 4 is 21.3 Å². The normalized spacial score (nSPS) is 14.8. The number of benzene rings is 1. The molecule has 0 spiro atoms. The van der Waals surface area contributed by atoms with Crippen LogP contribution in [0.3, 0.4) is 0 Å². The Kier molecular flexibility index (Phi) is 3.74. The fourth-order valence-corrected chi connectivity index (χ4v) is 2.70. The van der Waals surface area contributed by atoms with Gasteiger partial charge < -0.3 is 4.90 Å². The molecule has 0 fully saturated rings. The average molecular weight is 314 g/mol. The topological polar surface area (TPSA) is 89.2 Å². The fraction of sp³-hybridized carbons (Fsp3) is 0.0667. The van der Waals surface area contributed by atoms with Crippen molar-refractivity contribution in [2.45, 2.75) is 4.90 Å². The van der Waals surface area contributed by atoms with Crippen molar-refractivity contribution in [1.82, 2.24) is 9.97 Å². The number of nitrogens with zero attached hydrogens (tertiary/aromatic N) is 3. The maximum absolute atomic E-state index is 11.3. The Morgan fingerprint density at radius 3 is 2.41 bits per heavy atom. The van der Waals surface area contributed by atoms with Gasteiger partial charge in [0.15, 0.2) is 0 Å². The summed E-state index contributed by atoms with van der Waals surface area (Å²) in [6.07, 6.45) is 11.0. The molecule has 6 nitrogen and oxygen atoms in total. The predicted octanol–water partition coefficient (Wildman–Crippen LogP) is 1.54. The van der Waals surface area contributed by atoms with E-state index in [1.807, 2.05) is 23.3 Å². The minimum atomic E-state index is -3.67. The zero-order valence-corrected chi connectivity index (χ0v) is 12.4. The van der Waals surface area contributed by atoms with E-state index in [0.29, 0.717) is 0 Å². The number of hydrogen-bond acceptors (Lipinski definition) is 5. The molecule has 1 aliphatic heterocycles. The van der Waals surface area contributed by atoms with Crippen LogP contribution in [0, 0.1) is 0 Å². The molecule has 22 heavy (non-hydrogen) atoms. The highest BCUT2D eigenvalue weighted by molar-refractivity contribution is 7.89. The van der Waals surface area contributed by atoms with E-state index in [9.17, 15) is 8.42 Å². The van der Waals surface area contributed by atoms with Gasteiger partial charge in [-0.1, -0.05) is 24.3 Å². The second-order valence-electron chi connectivity index (χ2n) is 4.81. The van der Waals surface area contributed by atoms with E-state index >= 15 is 0 Å². The quantitative estimate of drug-likeness (QED) is 0.928. The van der Waals surface area contributed by atoms with Crippen LogP contribution in [-0.2, 0) is 10.0 Å². The van der Waals surface area contributed by atoms with Crippen LogP contribution in [0.5, 0.6) is 0 Å². The third-order valence-corrected chi connectivity index (χ3v) is 4.22. The maximum atomic E-state index is 11.3. The molecule has 0 amide bonds. The molecule has 2 heterocycles. The van der Waals surface area contributed by atoms with Crippen molar-refractivity contribution in [2.75, 3.05) is 11.4 Å². The number of rotatable bonds is 3. The monoisotopic (exact) mass is 314 g/mol. The van der Waals surface area contributed by atoms with E-state index in [0.717, 1.165) is 23.4 Å². The fourth-order valence-electron chi connectivity index (χ4n) is 2.18. The van der Waals surface area contributed by atoms with Crippen LogP contribution < -0.4 is 10.0 Å². The molecule has 0 radical (unpaired) electrons. The third-order valence-electron chi connectivity index (χ3n) is 3.29. The van der Waals surface area contributed by atoms with E-state index in [4.69, 9.17) is 5.14 Å². The zero-order valence-electron chi connectivity index (χ0n) is 11.6. The Morgan fingerprint density at radius 1 is 1.09 bits per heavy atom. The first kappa shape index (κ1) is 14.4. The summed E-state index contributed by atoms with van der Waals surface area (Å²) in [6, 6.07) is 6.48. The van der Waals surface area contributed by atoms with Crippen molar-refractivity contribution in [3.05, 3.63) is 66.9 Å². The molecule has 0 unspecified atom stereocenters. The summed E-state index contributed by atoms with van der Waals surface area (Å²) in [5, 5.41) is 5.10. The highest BCUT2D eigenvalue weighted by Gasteiger charge is 2.11. The third kappa shape index (κ3) is 3.05. The Balaban J connectivity index is 1.91. The van der Waals surface area contributed by atoms with Gasteiger partial charge in [0.1, 0.15) is 6.33 Å². The van der Waals surface area contributed by atoms with Gasteiger partial charge in [0.2, 0.25) is 10.0 Å². The minimum absolute atomic E-state index is 0.102. The molecule has 112 valence electrons. The predicted molar refractivity (Wildman–Crippen MR) is 84.3 cm³/mol. The SMILES string of the molecule is NS(=O)(=O)c1ccc(C2=CN(c3cncnc3)CC=C2)cc1. The summed E-state index contributed by atoms with van der Waals surface area (Å²) < 4.78 is 22.6. The summed E-state index contributed by atoms with van der Waals surface area (Å²) >= 11 is 0. The van der Waals surface area contributed by atoms with Crippen LogP contribution in [0.15, 0.2) is 66.2 Å². The van der Waals surface area contributed by atoms with E-state index < -0.39 is 10.0 Å². The number of allylic oxidation sites excluding steroid dienone is 2. The molecular weight excluding hydrogens is 300 g/mol. The second kappa shape index (κ2) is 5.70. The van der Waals surface area contributed by atoms with Gasteiger partial charge in [0, 0.05) is 12.7 Å². The van der Waals surface area contributed by atoms with Crippen molar-refractivity contribution in [1.29, 1.82) is 0 Å². The zero-order chi connectivity index (χ0) is 15.6. The van der Waals surface area contributed by atoms with Crippen molar-refractivity contribution in [3.8, 4) is 0 Å². The summed E-state index contributed by atoms with van der Waals surface area (Å²) in [5.41, 5.74) is 2.77. The van der Waals surface area contributed by atoms with E-state index in [1.165, 1.54) is 18.5 Å². The van der Waals surface area contributed by atoms with Crippen molar-refractivity contribution < 1.29 is 8.42 Å². The lowest BCUT2D eigenvalue weighted by Gasteiger charge is -2.22. The Morgan fingerprint density at radius 2 is 1.77 bits per heavy atom. The van der Waals surface area contributed by atoms with Gasteiger partial charge >= 0.3 is 0 Å². The summed E-state index contributed by atoms with van der Waals surface area (Å²) in [4.78, 5) is 10.1. The molecule has 0 aliphatic carbocycles. The first-order chi connectivity index (χ1) is 10.5. The highest BCUT2D eigenvalue weighted by atomic mass is 32.2. The number of nitrogens with two attached hydrogens (primary N) is 1. The van der Waals surface area contributed by atoms with Gasteiger partial charge in [-0.3, -0.25) is 0 Å². The lowest BCUT2D eigenvalue weighted by molar-refractivity contribution is 0.598. The standard InChI is InChI=1S/C15H14N4O2S/c16-22(20,21)15-5-3-12(4-6-15)13-2-1-7-19(10-13)14-8-17-11-18-9-14/h1-6,8-11H,7H2,(H2,16,20,21). The van der Waals surface area contributed by atoms with Crippen molar-refractivity contribution in [3.63, 3.8) is 0 Å². The average Bonchev–Trinajstić information content (AvgIpc) is 2.55. The molecule has 7 heteroatoms. The number of sulfonamides is 1. The molecular formula is C15H14N4O2S. The van der Waals surface area contributed by atoms with Gasteiger partial charge in [-0.05, 0) is 23.3 Å². The maximum Gasteiger partial charge on any atom is 0.238 e. The van der Waals surface area contributed by atoms with Crippen LogP contribution in [0.1, 0.15) is 5.56 Å². The number of anilines is 1. The van der Waals surface area contributed by atoms with Crippen LogP contribution in [0.2, 0.25) is 0 Å². The molecule has 1 aliphatic rings. The molecule has 0 saturated carbocycles. The minimum Gasteiger partial charge on any atom is -0.341 e. The van der Waals surface area contributed by atoms with Gasteiger partial charge in [0.05, 0.1) is 23.0 Å². The molecule has 2 N–H and O–H groups in total. The van der Waals surface area contributed by atoms with E-state index in [2.05, 4.69) is 9.97 Å². The molecule has 3 rings (SSSR count). The van der Waals surface area contributed by atoms with Crippen LogP contribution in [0.4, 0.5) is 5.69 Å². The van der Waals surface area contributed by atoms with Crippen molar-refractivity contribution in [2.24, 2.45) is 5.14 Å². The summed E-state index contributed by atoms with van der Waals surface area (Å²) in [7, 11) is -3.67. The lowest BCUT2D eigenvalue weighted by Crippen LogP contribution is -2.19. The first-order valence-electron chi connectivity index (χ1n) is 6.57. The second-order valence-corrected chi connectivity index (χ2v) is 6.37. The largest absolute Gasteiger partial charge is 0.341 e. The van der Waals surface area contributed by atoms with Gasteiger partial charge in [-0.25, -0.2) is 23.5 Å².